The van der Waals surface area contributed by atoms with Crippen LogP contribution in [0.25, 0.3) is 11.0 Å². The van der Waals surface area contributed by atoms with Gasteiger partial charge in [0.25, 0.3) is 15.9 Å². The lowest BCUT2D eigenvalue weighted by atomic mass is 10.1. The summed E-state index contributed by atoms with van der Waals surface area (Å²) in [5, 5.41) is 3.40. The van der Waals surface area contributed by atoms with E-state index in [1.54, 1.807) is 62.4 Å². The first kappa shape index (κ1) is 24.8. The van der Waals surface area contributed by atoms with E-state index < -0.39 is 21.6 Å². The molecule has 0 aliphatic carbocycles. The fourth-order valence-electron chi connectivity index (χ4n) is 3.64. The number of hydrogen-bond donors (Lipinski definition) is 2. The van der Waals surface area contributed by atoms with Crippen molar-refractivity contribution in [1.29, 1.82) is 0 Å². The van der Waals surface area contributed by atoms with E-state index in [0.29, 0.717) is 28.3 Å². The van der Waals surface area contributed by atoms with Crippen molar-refractivity contribution in [3.8, 4) is 11.5 Å². The Morgan fingerprint density at radius 1 is 0.972 bits per heavy atom. The molecule has 1 heterocycles. The van der Waals surface area contributed by atoms with E-state index in [0.717, 1.165) is 10.9 Å². The van der Waals surface area contributed by atoms with Crippen LogP contribution in [0.3, 0.4) is 0 Å². The SMILES string of the molecule is COc1ccccc1NS(=O)(=O)c1cc(NC(=O)COc2ccc3c(C)cc(=O)oc3c2)ccc1C. The van der Waals surface area contributed by atoms with Crippen molar-refractivity contribution in [2.24, 2.45) is 0 Å². The molecule has 0 unspecified atom stereocenters. The number of aryl methyl sites for hydroxylation is 2. The van der Waals surface area contributed by atoms with E-state index in [2.05, 4.69) is 10.0 Å². The van der Waals surface area contributed by atoms with Gasteiger partial charge in [0, 0.05) is 23.2 Å². The zero-order chi connectivity index (χ0) is 25.9. The topological polar surface area (TPSA) is 124 Å². The maximum Gasteiger partial charge on any atom is 0.336 e. The Bertz CT molecular complexity index is 1610. The minimum Gasteiger partial charge on any atom is -0.495 e. The zero-order valence-electron chi connectivity index (χ0n) is 19.8. The third-order valence-electron chi connectivity index (χ3n) is 5.41. The zero-order valence-corrected chi connectivity index (χ0v) is 20.6. The van der Waals surface area contributed by atoms with Crippen LogP contribution in [0, 0.1) is 13.8 Å². The van der Waals surface area contributed by atoms with Gasteiger partial charge in [-0.3, -0.25) is 9.52 Å². The number of hydrogen-bond acceptors (Lipinski definition) is 7. The number of ether oxygens (including phenoxy) is 2. The van der Waals surface area contributed by atoms with Crippen molar-refractivity contribution in [2.75, 3.05) is 23.8 Å². The molecule has 4 aromatic rings. The average molecular weight is 509 g/mol. The fourth-order valence-corrected chi connectivity index (χ4v) is 4.98. The van der Waals surface area contributed by atoms with E-state index in [1.807, 2.05) is 0 Å². The summed E-state index contributed by atoms with van der Waals surface area (Å²) >= 11 is 0. The van der Waals surface area contributed by atoms with Crippen molar-refractivity contribution in [3.63, 3.8) is 0 Å². The predicted molar refractivity (Wildman–Crippen MR) is 136 cm³/mol. The van der Waals surface area contributed by atoms with Crippen LogP contribution < -0.4 is 25.1 Å². The summed E-state index contributed by atoms with van der Waals surface area (Å²) in [6.45, 7) is 3.12. The first-order valence-electron chi connectivity index (χ1n) is 10.9. The van der Waals surface area contributed by atoms with Gasteiger partial charge in [-0.05, 0) is 61.4 Å². The number of anilines is 2. The minimum absolute atomic E-state index is 0.00653. The van der Waals surface area contributed by atoms with Crippen LogP contribution in [0.2, 0.25) is 0 Å². The van der Waals surface area contributed by atoms with Crippen LogP contribution in [-0.4, -0.2) is 28.0 Å². The van der Waals surface area contributed by atoms with Gasteiger partial charge in [-0.2, -0.15) is 0 Å². The molecule has 0 atom stereocenters. The van der Waals surface area contributed by atoms with E-state index in [-0.39, 0.29) is 17.2 Å². The molecule has 0 aliphatic heterocycles. The number of para-hydroxylation sites is 2. The Morgan fingerprint density at radius 2 is 1.75 bits per heavy atom. The molecule has 0 spiro atoms. The summed E-state index contributed by atoms with van der Waals surface area (Å²) in [5.41, 5.74) is 1.74. The summed E-state index contributed by atoms with van der Waals surface area (Å²) in [5.74, 6) is 0.230. The van der Waals surface area contributed by atoms with Crippen molar-refractivity contribution in [3.05, 3.63) is 88.3 Å². The number of methoxy groups -OCH3 is 1. The second-order valence-corrected chi connectivity index (χ2v) is 9.68. The van der Waals surface area contributed by atoms with Gasteiger partial charge >= 0.3 is 5.63 Å². The Balaban J connectivity index is 1.47. The number of carbonyl (C=O) groups excluding carboxylic acids is 1. The van der Waals surface area contributed by atoms with Crippen LogP contribution in [0.15, 0.2) is 80.8 Å². The van der Waals surface area contributed by atoms with Gasteiger partial charge < -0.3 is 19.2 Å². The molecule has 0 fully saturated rings. The molecule has 9 nitrogen and oxygen atoms in total. The van der Waals surface area contributed by atoms with Crippen molar-refractivity contribution < 1.29 is 27.1 Å². The number of carbonyl (C=O) groups is 1. The van der Waals surface area contributed by atoms with Gasteiger partial charge in [0.05, 0.1) is 17.7 Å². The van der Waals surface area contributed by atoms with Crippen molar-refractivity contribution in [2.45, 2.75) is 18.7 Å². The molecule has 0 bridgehead atoms. The Morgan fingerprint density at radius 3 is 2.53 bits per heavy atom. The lowest BCUT2D eigenvalue weighted by Gasteiger charge is -2.14. The molecule has 2 N–H and O–H groups in total. The maximum absolute atomic E-state index is 13.1. The minimum atomic E-state index is -3.97. The summed E-state index contributed by atoms with van der Waals surface area (Å²) in [6.07, 6.45) is 0. The van der Waals surface area contributed by atoms with E-state index in [1.165, 1.54) is 25.3 Å². The van der Waals surface area contributed by atoms with Crippen LogP contribution in [0.4, 0.5) is 11.4 Å². The number of amides is 1. The lowest BCUT2D eigenvalue weighted by molar-refractivity contribution is -0.118. The van der Waals surface area contributed by atoms with Gasteiger partial charge in [0.1, 0.15) is 17.1 Å². The molecule has 0 radical (unpaired) electrons. The monoisotopic (exact) mass is 508 g/mol. The molecule has 186 valence electrons. The Labute approximate surface area is 207 Å². The van der Waals surface area contributed by atoms with E-state index in [4.69, 9.17) is 13.9 Å². The summed E-state index contributed by atoms with van der Waals surface area (Å²) in [7, 11) is -2.52. The molecule has 10 heteroatoms. The van der Waals surface area contributed by atoms with E-state index in [9.17, 15) is 18.0 Å². The Hall–Kier alpha value is -4.31. The third-order valence-corrected chi connectivity index (χ3v) is 6.91. The van der Waals surface area contributed by atoms with Gasteiger partial charge in [-0.1, -0.05) is 18.2 Å². The average Bonchev–Trinajstić information content (AvgIpc) is 2.83. The van der Waals surface area contributed by atoms with Gasteiger partial charge in [-0.15, -0.1) is 0 Å². The molecule has 0 aliphatic rings. The highest BCUT2D eigenvalue weighted by Gasteiger charge is 2.20. The second-order valence-electron chi connectivity index (χ2n) is 8.03. The number of benzene rings is 3. The highest BCUT2D eigenvalue weighted by molar-refractivity contribution is 7.92. The summed E-state index contributed by atoms with van der Waals surface area (Å²) in [6, 6.07) is 17.6. The third kappa shape index (κ3) is 5.49. The van der Waals surface area contributed by atoms with Crippen LogP contribution in [-0.2, 0) is 14.8 Å². The molecular formula is C26H24N2O7S. The van der Waals surface area contributed by atoms with Gasteiger partial charge in [0.2, 0.25) is 0 Å². The number of nitrogens with one attached hydrogen (secondary N) is 2. The number of sulfonamides is 1. The largest absolute Gasteiger partial charge is 0.495 e. The summed E-state index contributed by atoms with van der Waals surface area (Å²) in [4.78, 5) is 24.1. The maximum atomic E-state index is 13.1. The van der Waals surface area contributed by atoms with Crippen LogP contribution in [0.1, 0.15) is 11.1 Å². The normalized spacial score (nSPS) is 11.2. The second kappa shape index (κ2) is 10.1. The van der Waals surface area contributed by atoms with Gasteiger partial charge in [-0.25, -0.2) is 13.2 Å². The quantitative estimate of drug-likeness (QED) is 0.341. The predicted octanol–water partition coefficient (Wildman–Crippen LogP) is 4.24. The van der Waals surface area contributed by atoms with E-state index >= 15 is 0 Å². The molecule has 1 amide bonds. The number of rotatable bonds is 8. The molecule has 4 rings (SSSR count). The number of fused-ring (bicyclic) bond motifs is 1. The molecule has 3 aromatic carbocycles. The standard InChI is InChI=1S/C26H24N2O7S/c1-16-8-9-18(13-24(16)36(31,32)28-21-6-4-5-7-22(21)33-3)27-25(29)15-34-19-10-11-20-17(2)12-26(30)35-23(20)14-19/h4-14,28H,15H2,1-3H3,(H,27,29). The molecule has 0 saturated heterocycles. The summed E-state index contributed by atoms with van der Waals surface area (Å²) < 4.78 is 44.6. The highest BCUT2D eigenvalue weighted by atomic mass is 32.2. The van der Waals surface area contributed by atoms with Gasteiger partial charge in [0.15, 0.2) is 6.61 Å². The van der Waals surface area contributed by atoms with Crippen molar-refractivity contribution in [1.82, 2.24) is 0 Å². The molecule has 0 saturated carbocycles. The Kier molecular flexibility index (Phi) is 6.98. The molecular weight excluding hydrogens is 484 g/mol. The smallest absolute Gasteiger partial charge is 0.336 e. The van der Waals surface area contributed by atoms with Crippen molar-refractivity contribution >= 4 is 38.3 Å². The molecule has 1 aromatic heterocycles. The fraction of sp³-hybridized carbons (Fsp3) is 0.154. The van der Waals surface area contributed by atoms with Crippen LogP contribution in [0.5, 0.6) is 11.5 Å². The lowest BCUT2D eigenvalue weighted by Crippen LogP contribution is -2.21. The first-order chi connectivity index (χ1) is 17.2. The first-order valence-corrected chi connectivity index (χ1v) is 12.4. The van der Waals surface area contributed by atoms with Crippen LogP contribution >= 0.6 is 0 Å². The highest BCUT2D eigenvalue weighted by Crippen LogP contribution is 2.28. The molecule has 36 heavy (non-hydrogen) atoms.